The Morgan fingerprint density at radius 3 is 2.11 bits per heavy atom. The maximum absolute atomic E-state index is 6.26. The largest absolute Gasteiger partial charge is 0.369 e. The summed E-state index contributed by atoms with van der Waals surface area (Å²) in [6.07, 6.45) is 5.01. The van der Waals surface area contributed by atoms with Gasteiger partial charge in [-0.05, 0) is 58.3 Å². The van der Waals surface area contributed by atoms with Crippen LogP contribution in [0.5, 0.6) is 0 Å². The maximum Gasteiger partial charge on any atom is 0.0678 e. The first kappa shape index (κ1) is 15.3. The maximum atomic E-state index is 6.26. The van der Waals surface area contributed by atoms with Crippen molar-refractivity contribution < 1.29 is 4.74 Å². The molecule has 0 bridgehead atoms. The summed E-state index contributed by atoms with van der Waals surface area (Å²) in [4.78, 5) is 0. The van der Waals surface area contributed by atoms with Crippen LogP contribution >= 0.6 is 0 Å². The van der Waals surface area contributed by atoms with Crippen LogP contribution in [0.3, 0.4) is 0 Å². The Kier molecular flexibility index (Phi) is 3.79. The van der Waals surface area contributed by atoms with Crippen LogP contribution in [0.1, 0.15) is 67.2 Å². The van der Waals surface area contributed by atoms with Gasteiger partial charge in [-0.25, -0.2) is 0 Å². The zero-order valence-electron chi connectivity index (χ0n) is 13.5. The third kappa shape index (κ3) is 2.84. The predicted octanol–water partition coefficient (Wildman–Crippen LogP) is 3.24. The molecular weight excluding hydrogens is 236 g/mol. The smallest absolute Gasteiger partial charge is 0.0678 e. The highest BCUT2D eigenvalue weighted by Gasteiger charge is 2.53. The van der Waals surface area contributed by atoms with E-state index in [0.29, 0.717) is 23.3 Å². The molecule has 3 nitrogen and oxygen atoms in total. The van der Waals surface area contributed by atoms with E-state index in [-0.39, 0.29) is 11.2 Å². The highest BCUT2D eigenvalue weighted by atomic mass is 16.5. The summed E-state index contributed by atoms with van der Waals surface area (Å²) >= 11 is 0. The van der Waals surface area contributed by atoms with E-state index in [2.05, 4.69) is 47.0 Å². The van der Waals surface area contributed by atoms with Gasteiger partial charge in [-0.2, -0.15) is 0 Å². The third-order valence-corrected chi connectivity index (χ3v) is 5.54. The van der Waals surface area contributed by atoms with E-state index in [0.717, 1.165) is 6.42 Å². The molecular formula is C16H32N2O. The summed E-state index contributed by atoms with van der Waals surface area (Å²) in [5.41, 5.74) is 3.41. The van der Waals surface area contributed by atoms with Gasteiger partial charge in [0.25, 0.3) is 0 Å². The molecule has 0 aromatic rings. The van der Waals surface area contributed by atoms with Gasteiger partial charge >= 0.3 is 0 Å². The molecule has 112 valence electrons. The van der Waals surface area contributed by atoms with Gasteiger partial charge in [-0.1, -0.05) is 20.3 Å². The van der Waals surface area contributed by atoms with Crippen molar-refractivity contribution in [2.45, 2.75) is 84.5 Å². The minimum atomic E-state index is -0.0980. The number of hydrogen-bond donors (Lipinski definition) is 2. The first-order chi connectivity index (χ1) is 8.59. The van der Waals surface area contributed by atoms with Crippen molar-refractivity contribution >= 4 is 0 Å². The molecule has 2 fully saturated rings. The lowest BCUT2D eigenvalue weighted by Gasteiger charge is -2.41. The summed E-state index contributed by atoms with van der Waals surface area (Å²) in [6, 6.07) is 0.356. The zero-order chi connectivity index (χ0) is 14.5. The average Bonchev–Trinajstić information content (AvgIpc) is 2.66. The van der Waals surface area contributed by atoms with E-state index in [1.54, 1.807) is 0 Å². The Morgan fingerprint density at radius 1 is 1.11 bits per heavy atom. The SMILES string of the molecule is CC1(C)CC(C(NN)C2CCCC2(C)C)C(C)(C)O1. The van der Waals surface area contributed by atoms with Gasteiger partial charge in [0.1, 0.15) is 0 Å². The summed E-state index contributed by atoms with van der Waals surface area (Å²) in [7, 11) is 0. The second-order valence-corrected chi connectivity index (χ2v) is 8.46. The highest BCUT2D eigenvalue weighted by molar-refractivity contribution is 5.04. The third-order valence-electron chi connectivity index (χ3n) is 5.54. The van der Waals surface area contributed by atoms with Crippen LogP contribution in [0.4, 0.5) is 0 Å². The Labute approximate surface area is 118 Å². The predicted molar refractivity (Wildman–Crippen MR) is 79.6 cm³/mol. The molecule has 2 rings (SSSR count). The van der Waals surface area contributed by atoms with Crippen molar-refractivity contribution in [1.82, 2.24) is 5.43 Å². The number of nitrogens with one attached hydrogen (secondary N) is 1. The normalized spacial score (nSPS) is 37.4. The number of rotatable bonds is 3. The Hall–Kier alpha value is -0.120. The van der Waals surface area contributed by atoms with Crippen LogP contribution in [0, 0.1) is 17.3 Å². The van der Waals surface area contributed by atoms with E-state index in [1.807, 2.05) is 0 Å². The molecule has 0 spiro atoms. The first-order valence-electron chi connectivity index (χ1n) is 7.75. The second-order valence-electron chi connectivity index (χ2n) is 8.46. The Balaban J connectivity index is 2.23. The lowest BCUT2D eigenvalue weighted by atomic mass is 9.69. The lowest BCUT2D eigenvalue weighted by molar-refractivity contribution is -0.0812. The number of ether oxygens (including phenoxy) is 1. The van der Waals surface area contributed by atoms with Crippen molar-refractivity contribution in [3.8, 4) is 0 Å². The second kappa shape index (κ2) is 4.71. The van der Waals surface area contributed by atoms with Gasteiger partial charge in [0, 0.05) is 12.0 Å². The first-order valence-corrected chi connectivity index (χ1v) is 7.75. The number of hydrogen-bond acceptors (Lipinski definition) is 3. The van der Waals surface area contributed by atoms with Gasteiger partial charge in [0.05, 0.1) is 11.2 Å². The molecule has 19 heavy (non-hydrogen) atoms. The van der Waals surface area contributed by atoms with E-state index >= 15 is 0 Å². The number of nitrogens with two attached hydrogens (primary N) is 1. The highest BCUT2D eigenvalue weighted by Crippen LogP contribution is 2.51. The standard InChI is InChI=1S/C16H32N2O/c1-14(2)9-7-8-11(14)13(18-17)12-10-15(3,4)19-16(12,5)6/h11-13,18H,7-10,17H2,1-6H3. The fourth-order valence-electron chi connectivity index (χ4n) is 4.70. The topological polar surface area (TPSA) is 47.3 Å². The van der Waals surface area contributed by atoms with E-state index in [1.165, 1.54) is 19.3 Å². The fraction of sp³-hybridized carbons (Fsp3) is 1.00. The molecule has 0 radical (unpaired) electrons. The molecule has 0 aromatic heterocycles. The summed E-state index contributed by atoms with van der Waals surface area (Å²) in [5.74, 6) is 7.09. The van der Waals surface area contributed by atoms with Crippen LogP contribution < -0.4 is 11.3 Å². The molecule has 1 aliphatic carbocycles. The van der Waals surface area contributed by atoms with E-state index in [4.69, 9.17) is 10.6 Å². The van der Waals surface area contributed by atoms with Crippen LogP contribution in [0.15, 0.2) is 0 Å². The van der Waals surface area contributed by atoms with Crippen LogP contribution in [-0.2, 0) is 4.74 Å². The molecule has 1 saturated carbocycles. The van der Waals surface area contributed by atoms with Gasteiger partial charge in [0.2, 0.25) is 0 Å². The molecule has 3 atom stereocenters. The van der Waals surface area contributed by atoms with Gasteiger partial charge < -0.3 is 4.74 Å². The van der Waals surface area contributed by atoms with Crippen molar-refractivity contribution in [2.75, 3.05) is 0 Å². The average molecular weight is 268 g/mol. The fourth-order valence-corrected chi connectivity index (χ4v) is 4.70. The summed E-state index contributed by atoms with van der Waals surface area (Å²) < 4.78 is 6.26. The monoisotopic (exact) mass is 268 g/mol. The minimum absolute atomic E-state index is 0.0357. The summed E-state index contributed by atoms with van der Waals surface area (Å²) in [6.45, 7) is 13.6. The molecule has 0 amide bonds. The summed E-state index contributed by atoms with van der Waals surface area (Å²) in [5, 5.41) is 0. The molecule has 3 N–H and O–H groups in total. The van der Waals surface area contributed by atoms with Crippen LogP contribution in [0.25, 0.3) is 0 Å². The molecule has 3 unspecified atom stereocenters. The minimum Gasteiger partial charge on any atom is -0.369 e. The molecule has 0 aromatic carbocycles. The molecule has 1 saturated heterocycles. The molecule has 3 heteroatoms. The van der Waals surface area contributed by atoms with Crippen molar-refractivity contribution in [3.63, 3.8) is 0 Å². The van der Waals surface area contributed by atoms with Crippen molar-refractivity contribution in [3.05, 3.63) is 0 Å². The van der Waals surface area contributed by atoms with E-state index < -0.39 is 0 Å². The van der Waals surface area contributed by atoms with Crippen LogP contribution in [0.2, 0.25) is 0 Å². The quantitative estimate of drug-likeness (QED) is 0.610. The lowest BCUT2D eigenvalue weighted by Crippen LogP contribution is -2.53. The van der Waals surface area contributed by atoms with Gasteiger partial charge in [-0.15, -0.1) is 0 Å². The van der Waals surface area contributed by atoms with Gasteiger partial charge in [0.15, 0.2) is 0 Å². The van der Waals surface area contributed by atoms with E-state index in [9.17, 15) is 0 Å². The molecule has 1 heterocycles. The zero-order valence-corrected chi connectivity index (χ0v) is 13.5. The van der Waals surface area contributed by atoms with Crippen molar-refractivity contribution in [1.29, 1.82) is 0 Å². The van der Waals surface area contributed by atoms with Gasteiger partial charge in [-0.3, -0.25) is 11.3 Å². The molecule has 2 aliphatic rings. The Morgan fingerprint density at radius 2 is 1.74 bits per heavy atom. The Bertz CT molecular complexity index is 336. The number of hydrazine groups is 1. The molecule has 1 aliphatic heterocycles. The van der Waals surface area contributed by atoms with Crippen LogP contribution in [-0.4, -0.2) is 17.2 Å². The van der Waals surface area contributed by atoms with Crippen molar-refractivity contribution in [2.24, 2.45) is 23.1 Å².